The lowest BCUT2D eigenvalue weighted by molar-refractivity contribution is -0.157. The van der Waals surface area contributed by atoms with Crippen molar-refractivity contribution in [1.82, 2.24) is 55.6 Å². The molecule has 0 radical (unpaired) electrons. The third-order valence-electron chi connectivity index (χ3n) is 17.6. The Morgan fingerprint density at radius 3 is 1.42 bits per heavy atom. The van der Waals surface area contributed by atoms with Gasteiger partial charge in [-0.1, -0.05) is 116 Å². The Morgan fingerprint density at radius 2 is 0.946 bits per heavy atom. The molecular weight excluding hydrogens is 1180 g/mol. The molecule has 11 amide bonds. The zero-order valence-electron chi connectivity index (χ0n) is 59.7. The highest BCUT2D eigenvalue weighted by Gasteiger charge is 2.46. The highest BCUT2D eigenvalue weighted by Crippen LogP contribution is 2.27. The molecule has 2 rings (SSSR count). The molecule has 0 aliphatic carbocycles. The highest BCUT2D eigenvalue weighted by molar-refractivity contribution is 6.02. The first-order valence-electron chi connectivity index (χ1n) is 32.9. The molecule has 1 aliphatic heterocycles. The number of likely N-dealkylation sites (N-methyl/N-ethyl adjacent to an activating group) is 7. The van der Waals surface area contributed by atoms with Crippen LogP contribution >= 0.6 is 0 Å². The summed E-state index contributed by atoms with van der Waals surface area (Å²) in [6.07, 6.45) is 0.448. The van der Waals surface area contributed by atoms with Gasteiger partial charge in [-0.15, -0.1) is 0 Å². The third-order valence-corrected chi connectivity index (χ3v) is 17.6. The summed E-state index contributed by atoms with van der Waals surface area (Å²) in [5.41, 5.74) is 7.24. The summed E-state index contributed by atoms with van der Waals surface area (Å²) in [5, 5.41) is 23.4. The number of nitrogens with two attached hydrogens (primary N) is 1. The smallest absolute Gasteiger partial charge is 0.270 e. The molecule has 24 heteroatoms. The minimum absolute atomic E-state index is 0.0377. The number of carbonyl (C=O) groups is 11. The molecule has 12 atom stereocenters. The SMILES string of the molecule is C=C1C(=O)N(C)[C@@H](CC(C)C)C(=O)N[C@@H](C(C)C)C(=O)N(C)[C@@H](CC(C)C)C(=O)N[C@@H](C)C(=O)N[C@H](C)C(=O)N(C)[C@@H](CC(C)C)C(=O)N(C)[C@@H](CC(C)C)C(=O)N(C)[C@@H](C(C)C)C(=O)N(C)[C@@H]([C@H](O)[C@H](C)CCCc2cccc(N)c2)C(=O)N[C@@H](CC)C(=O)N1C. The average Bonchev–Trinajstić information content (AvgIpc) is 0.884. The lowest BCUT2D eigenvalue weighted by Crippen LogP contribution is -2.63. The topological polar surface area (TPSA) is 305 Å². The molecule has 1 saturated heterocycles. The minimum atomic E-state index is -1.67. The summed E-state index contributed by atoms with van der Waals surface area (Å²) in [7, 11) is 9.77. The number of amides is 11. The van der Waals surface area contributed by atoms with Gasteiger partial charge in [-0.2, -0.15) is 0 Å². The Labute approximate surface area is 549 Å². The van der Waals surface area contributed by atoms with Gasteiger partial charge in [0.05, 0.1) is 6.10 Å². The fourth-order valence-corrected chi connectivity index (χ4v) is 11.8. The van der Waals surface area contributed by atoms with Gasteiger partial charge < -0.3 is 66.4 Å². The number of nitrogen functional groups attached to an aromatic ring is 1. The first-order chi connectivity index (χ1) is 42.5. The van der Waals surface area contributed by atoms with Gasteiger partial charge >= 0.3 is 0 Å². The minimum Gasteiger partial charge on any atom is -0.399 e. The van der Waals surface area contributed by atoms with E-state index < -0.39 is 149 Å². The number of aryl methyl sites for hydroxylation is 1. The van der Waals surface area contributed by atoms with Gasteiger partial charge in [-0.25, -0.2) is 0 Å². The molecule has 1 aromatic carbocycles. The Kier molecular flexibility index (Phi) is 32.0. The Hall–Kier alpha value is -7.11. The maximum absolute atomic E-state index is 15.4. The largest absolute Gasteiger partial charge is 0.399 e. The summed E-state index contributed by atoms with van der Waals surface area (Å²) in [5.74, 6) is -10.4. The van der Waals surface area contributed by atoms with Crippen molar-refractivity contribution in [3.8, 4) is 0 Å². The Morgan fingerprint density at radius 1 is 0.500 bits per heavy atom. The second-order valence-electron chi connectivity index (χ2n) is 28.0. The zero-order valence-corrected chi connectivity index (χ0v) is 59.7. The molecule has 0 aromatic heterocycles. The van der Waals surface area contributed by atoms with E-state index in [-0.39, 0.29) is 61.5 Å². The molecule has 24 nitrogen and oxygen atoms in total. The van der Waals surface area contributed by atoms with Crippen molar-refractivity contribution >= 4 is 70.7 Å². The summed E-state index contributed by atoms with van der Waals surface area (Å²) in [6.45, 7) is 32.0. The van der Waals surface area contributed by atoms with E-state index in [1.165, 1.54) is 82.8 Å². The van der Waals surface area contributed by atoms with Crippen molar-refractivity contribution < 1.29 is 57.8 Å². The van der Waals surface area contributed by atoms with E-state index in [4.69, 9.17) is 5.73 Å². The van der Waals surface area contributed by atoms with Gasteiger partial charge in [0.2, 0.25) is 59.1 Å². The van der Waals surface area contributed by atoms with E-state index in [1.807, 2.05) is 73.6 Å². The summed E-state index contributed by atoms with van der Waals surface area (Å²) in [6, 6.07) is -5.34. The third kappa shape index (κ3) is 22.0. The van der Waals surface area contributed by atoms with Crippen LogP contribution in [-0.2, 0) is 59.2 Å². The van der Waals surface area contributed by atoms with Crippen molar-refractivity contribution in [1.29, 1.82) is 0 Å². The first-order valence-corrected chi connectivity index (χ1v) is 32.9. The first kappa shape index (κ1) is 81.0. The maximum atomic E-state index is 15.4. The molecule has 1 fully saturated rings. The summed E-state index contributed by atoms with van der Waals surface area (Å²) >= 11 is 0. The number of carbonyl (C=O) groups excluding carboxylic acids is 11. The Bertz CT molecular complexity index is 2730. The van der Waals surface area contributed by atoms with E-state index >= 15 is 19.2 Å². The van der Waals surface area contributed by atoms with Crippen molar-refractivity contribution in [2.45, 2.75) is 229 Å². The summed E-state index contributed by atoms with van der Waals surface area (Å²) < 4.78 is 0. The Balaban J connectivity index is 3.01. The van der Waals surface area contributed by atoms with Gasteiger partial charge in [-0.3, -0.25) is 52.7 Å². The van der Waals surface area contributed by atoms with Crippen LogP contribution in [0.15, 0.2) is 36.5 Å². The molecule has 1 aliphatic rings. The molecule has 520 valence electrons. The monoisotopic (exact) mass is 1290 g/mol. The van der Waals surface area contributed by atoms with Crippen LogP contribution in [0.3, 0.4) is 0 Å². The fourth-order valence-electron chi connectivity index (χ4n) is 11.8. The van der Waals surface area contributed by atoms with Gasteiger partial charge in [0, 0.05) is 55.0 Å². The number of nitrogens with one attached hydrogen (secondary N) is 4. The van der Waals surface area contributed by atoms with Crippen LogP contribution in [-0.4, -0.2) is 220 Å². The van der Waals surface area contributed by atoms with E-state index in [1.54, 1.807) is 47.6 Å². The van der Waals surface area contributed by atoms with Crippen LogP contribution in [0.4, 0.5) is 5.69 Å². The zero-order chi connectivity index (χ0) is 70.8. The normalized spacial score (nSPS) is 25.7. The molecule has 0 unspecified atom stereocenters. The molecule has 92 heavy (non-hydrogen) atoms. The van der Waals surface area contributed by atoms with Crippen LogP contribution in [0.1, 0.15) is 161 Å². The number of hydrogen-bond acceptors (Lipinski definition) is 13. The molecule has 0 spiro atoms. The molecule has 0 bridgehead atoms. The van der Waals surface area contributed by atoms with Gasteiger partial charge in [0.1, 0.15) is 66.1 Å². The second kappa shape index (κ2) is 36.4. The number of hydrogen-bond donors (Lipinski definition) is 6. The van der Waals surface area contributed by atoms with E-state index in [0.717, 1.165) is 20.3 Å². The van der Waals surface area contributed by atoms with Crippen LogP contribution in [0.25, 0.3) is 0 Å². The number of anilines is 1. The molecule has 0 saturated carbocycles. The average molecular weight is 1290 g/mol. The number of aliphatic hydroxyl groups excluding tert-OH is 1. The van der Waals surface area contributed by atoms with Gasteiger partial charge in [-0.05, 0) is 124 Å². The van der Waals surface area contributed by atoms with Crippen LogP contribution < -0.4 is 27.0 Å². The lowest BCUT2D eigenvalue weighted by Gasteiger charge is -2.41. The van der Waals surface area contributed by atoms with E-state index in [0.29, 0.717) is 24.9 Å². The second-order valence-corrected chi connectivity index (χ2v) is 28.0. The van der Waals surface area contributed by atoms with Crippen molar-refractivity contribution in [3.05, 3.63) is 42.1 Å². The quantitative estimate of drug-likeness (QED) is 0.0931. The molecule has 1 aromatic rings. The lowest BCUT2D eigenvalue weighted by atomic mass is 9.89. The van der Waals surface area contributed by atoms with Crippen LogP contribution in [0, 0.1) is 41.4 Å². The predicted molar refractivity (Wildman–Crippen MR) is 357 cm³/mol. The maximum Gasteiger partial charge on any atom is 0.270 e. The highest BCUT2D eigenvalue weighted by atomic mass is 16.3. The number of benzene rings is 1. The van der Waals surface area contributed by atoms with E-state index in [2.05, 4.69) is 27.8 Å². The molecule has 7 N–H and O–H groups in total. The standard InChI is InChI=1S/C68H116N12O12/c1-25-49-64(88)74(18)46(17)63(87)75(19)51(33-38(4)5)60(84)73-54(41(10)11)67(91)76(20)50(32-37(2)3)59(83)70-44(15)58(82)71-45(16)62(86)77(21)52(34-39(6)7)65(89)78(22)53(35-40(8)9)66(90)79(23)55(42(12)13)68(92)80(24)56(61(85)72-49)57(81)43(14)28-26-29-47-30-27-31-48(69)36-47/h27,30-31,36-45,49-57,81H,17,25-26,28-29,32-35,69H2,1-16,18-24H3,(H,70,83)(H,71,82)(H,72,85)(H,73,84)/t43-,44+,45-,49+,50+,51+,52+,53+,54+,55+,56+,57-/m1/s1. The van der Waals surface area contributed by atoms with E-state index in [9.17, 15) is 38.7 Å². The number of aliphatic hydroxyl groups is 1. The van der Waals surface area contributed by atoms with Crippen molar-refractivity contribution in [3.63, 3.8) is 0 Å². The number of nitrogens with zero attached hydrogens (tertiary/aromatic N) is 7. The molecule has 1 heterocycles. The van der Waals surface area contributed by atoms with Crippen LogP contribution in [0.2, 0.25) is 0 Å². The summed E-state index contributed by atoms with van der Waals surface area (Å²) in [4.78, 5) is 170. The van der Waals surface area contributed by atoms with Gasteiger partial charge in [0.15, 0.2) is 0 Å². The number of rotatable bonds is 17. The van der Waals surface area contributed by atoms with Crippen LogP contribution in [0.5, 0.6) is 0 Å². The fraction of sp³-hybridized carbons (Fsp3) is 0.721. The predicted octanol–water partition coefficient (Wildman–Crippen LogP) is 4.42. The van der Waals surface area contributed by atoms with Gasteiger partial charge in [0.25, 0.3) is 5.91 Å². The van der Waals surface area contributed by atoms with Crippen molar-refractivity contribution in [2.75, 3.05) is 55.1 Å². The molecular formula is C68H116N12O12. The van der Waals surface area contributed by atoms with Crippen molar-refractivity contribution in [2.24, 2.45) is 41.4 Å².